The van der Waals surface area contributed by atoms with Crippen molar-refractivity contribution in [3.8, 4) is 11.4 Å². The molecule has 3 heterocycles. The average Bonchev–Trinajstić information content (AvgIpc) is 3.04. The number of nitrogens with zero attached hydrogens (tertiary/aromatic N) is 2. The van der Waals surface area contributed by atoms with Gasteiger partial charge in [0.15, 0.2) is 5.16 Å². The van der Waals surface area contributed by atoms with Gasteiger partial charge in [-0.1, -0.05) is 18.7 Å². The molecule has 0 spiro atoms. The largest absolute Gasteiger partial charge is 0.497 e. The van der Waals surface area contributed by atoms with E-state index in [0.717, 1.165) is 58.5 Å². The van der Waals surface area contributed by atoms with Gasteiger partial charge in [0.1, 0.15) is 17.1 Å². The van der Waals surface area contributed by atoms with E-state index in [9.17, 15) is 4.79 Å². The summed E-state index contributed by atoms with van der Waals surface area (Å²) >= 11 is 3.35. The van der Waals surface area contributed by atoms with Crippen LogP contribution in [0.2, 0.25) is 0 Å². The fourth-order valence-electron chi connectivity index (χ4n) is 3.49. The van der Waals surface area contributed by atoms with Crippen LogP contribution in [-0.2, 0) is 13.0 Å². The first-order valence-electron chi connectivity index (χ1n) is 9.28. The molecule has 3 aromatic rings. The molecule has 4 rings (SSSR count). The van der Waals surface area contributed by atoms with Crippen LogP contribution in [0.25, 0.3) is 15.9 Å². The number of methoxy groups -OCH3 is 1. The smallest absolute Gasteiger partial charge is 0.267 e. The zero-order chi connectivity index (χ0) is 19.0. The minimum absolute atomic E-state index is 0.0563. The standard InChI is InChI=1S/C20H23N3O2S2/c1-4-11-26-20-21-18-17(15-9-10-22(2)12-16(15)27-18)19(24)23(20)13-5-7-14(25-3)8-6-13/h5-8H,4,9-12H2,1-3H3/p+1. The van der Waals surface area contributed by atoms with Gasteiger partial charge >= 0.3 is 0 Å². The maximum absolute atomic E-state index is 13.6. The maximum atomic E-state index is 13.6. The van der Waals surface area contributed by atoms with Crippen molar-refractivity contribution in [1.29, 1.82) is 0 Å². The summed E-state index contributed by atoms with van der Waals surface area (Å²) in [5.74, 6) is 1.72. The first kappa shape index (κ1) is 18.5. The van der Waals surface area contributed by atoms with Gasteiger partial charge in [-0.2, -0.15) is 0 Å². The number of nitrogens with one attached hydrogen (secondary N) is 1. The third-order valence-corrected chi connectivity index (χ3v) is 7.18. The zero-order valence-electron chi connectivity index (χ0n) is 15.9. The van der Waals surface area contributed by atoms with E-state index in [4.69, 9.17) is 9.72 Å². The maximum Gasteiger partial charge on any atom is 0.267 e. The Morgan fingerprint density at radius 2 is 2.11 bits per heavy atom. The molecule has 1 aliphatic rings. The molecular formula is C20H24N3O2S2+. The van der Waals surface area contributed by atoms with Crippen LogP contribution in [0.4, 0.5) is 0 Å². The number of quaternary nitrogens is 1. The lowest BCUT2D eigenvalue weighted by Gasteiger charge is -2.19. The molecule has 0 saturated heterocycles. The first-order valence-corrected chi connectivity index (χ1v) is 11.1. The van der Waals surface area contributed by atoms with E-state index in [1.54, 1.807) is 34.8 Å². The van der Waals surface area contributed by atoms with Crippen molar-refractivity contribution in [3.63, 3.8) is 0 Å². The van der Waals surface area contributed by atoms with Crippen LogP contribution < -0.4 is 15.2 Å². The number of ether oxygens (including phenoxy) is 1. The topological polar surface area (TPSA) is 48.6 Å². The monoisotopic (exact) mass is 402 g/mol. The van der Waals surface area contributed by atoms with Gasteiger partial charge in [0, 0.05) is 12.2 Å². The molecule has 0 saturated carbocycles. The molecule has 0 bridgehead atoms. The van der Waals surface area contributed by atoms with Gasteiger partial charge in [-0.15, -0.1) is 11.3 Å². The van der Waals surface area contributed by atoms with Crippen molar-refractivity contribution >= 4 is 33.3 Å². The molecule has 0 aliphatic carbocycles. The molecule has 1 aromatic carbocycles. The highest BCUT2D eigenvalue weighted by Gasteiger charge is 2.26. The van der Waals surface area contributed by atoms with Crippen molar-refractivity contribution in [1.82, 2.24) is 9.55 Å². The lowest BCUT2D eigenvalue weighted by atomic mass is 10.1. The average molecular weight is 403 g/mol. The van der Waals surface area contributed by atoms with Crippen molar-refractivity contribution < 1.29 is 9.64 Å². The molecular weight excluding hydrogens is 378 g/mol. The lowest BCUT2D eigenvalue weighted by Crippen LogP contribution is -3.08. The molecule has 0 fully saturated rings. The summed E-state index contributed by atoms with van der Waals surface area (Å²) in [6.07, 6.45) is 1.98. The van der Waals surface area contributed by atoms with E-state index < -0.39 is 0 Å². The Kier molecular flexibility index (Phi) is 5.25. The van der Waals surface area contributed by atoms with E-state index in [1.807, 2.05) is 24.3 Å². The Morgan fingerprint density at radius 1 is 1.33 bits per heavy atom. The van der Waals surface area contributed by atoms with Gasteiger partial charge in [0.2, 0.25) is 0 Å². The number of hydrogen-bond donors (Lipinski definition) is 1. The molecule has 7 heteroatoms. The normalized spacial score (nSPS) is 16.5. The predicted molar refractivity (Wildman–Crippen MR) is 112 cm³/mol. The van der Waals surface area contributed by atoms with Crippen LogP contribution in [0.3, 0.4) is 0 Å². The van der Waals surface area contributed by atoms with E-state index >= 15 is 0 Å². The molecule has 1 unspecified atom stereocenters. The highest BCUT2D eigenvalue weighted by molar-refractivity contribution is 7.99. The van der Waals surface area contributed by atoms with Crippen LogP contribution in [0.1, 0.15) is 23.8 Å². The quantitative estimate of drug-likeness (QED) is 0.526. The van der Waals surface area contributed by atoms with Crippen LogP contribution >= 0.6 is 23.1 Å². The van der Waals surface area contributed by atoms with Crippen molar-refractivity contribution in [3.05, 3.63) is 45.1 Å². The summed E-state index contributed by atoms with van der Waals surface area (Å²) in [5, 5.41) is 1.60. The predicted octanol–water partition coefficient (Wildman–Crippen LogP) is 2.53. The minimum Gasteiger partial charge on any atom is -0.497 e. The Labute approximate surface area is 167 Å². The third kappa shape index (κ3) is 3.39. The van der Waals surface area contributed by atoms with Crippen LogP contribution in [0.15, 0.2) is 34.2 Å². The lowest BCUT2D eigenvalue weighted by molar-refractivity contribution is -0.895. The van der Waals surface area contributed by atoms with E-state index in [1.165, 1.54) is 15.3 Å². The Balaban J connectivity index is 1.93. The van der Waals surface area contributed by atoms with Gasteiger partial charge < -0.3 is 9.64 Å². The highest BCUT2D eigenvalue weighted by Crippen LogP contribution is 2.32. The van der Waals surface area contributed by atoms with Crippen molar-refractivity contribution in [2.75, 3.05) is 26.5 Å². The summed E-state index contributed by atoms with van der Waals surface area (Å²) in [4.78, 5) is 22.2. The number of thioether (sulfide) groups is 1. The number of rotatable bonds is 5. The van der Waals surface area contributed by atoms with Crippen LogP contribution in [0, 0.1) is 0 Å². The molecule has 1 aliphatic heterocycles. The van der Waals surface area contributed by atoms with Gasteiger partial charge in [-0.3, -0.25) is 9.36 Å². The van der Waals surface area contributed by atoms with Gasteiger partial charge in [0.25, 0.3) is 5.56 Å². The number of hydrogen-bond acceptors (Lipinski definition) is 5. The van der Waals surface area contributed by atoms with Gasteiger partial charge in [-0.25, -0.2) is 4.98 Å². The SMILES string of the molecule is CCCSc1nc2sc3c(c2c(=O)n1-c1ccc(OC)cc1)CC[NH+](C)C3. The molecule has 2 aromatic heterocycles. The second-order valence-corrected chi connectivity index (χ2v) is 9.04. The second-order valence-electron chi connectivity index (χ2n) is 6.90. The molecule has 142 valence electrons. The fraction of sp³-hybridized carbons (Fsp3) is 0.400. The minimum atomic E-state index is 0.0563. The molecule has 27 heavy (non-hydrogen) atoms. The summed E-state index contributed by atoms with van der Waals surface area (Å²) in [5.41, 5.74) is 2.11. The molecule has 0 amide bonds. The summed E-state index contributed by atoms with van der Waals surface area (Å²) in [7, 11) is 3.85. The number of benzene rings is 1. The first-order chi connectivity index (χ1) is 13.1. The Bertz CT molecular complexity index is 1020. The fourth-order valence-corrected chi connectivity index (χ4v) is 5.73. The van der Waals surface area contributed by atoms with Crippen LogP contribution in [-0.4, -0.2) is 36.0 Å². The Morgan fingerprint density at radius 3 is 2.81 bits per heavy atom. The molecule has 1 N–H and O–H groups in total. The second kappa shape index (κ2) is 7.66. The van der Waals surface area contributed by atoms with Crippen molar-refractivity contribution in [2.45, 2.75) is 31.5 Å². The summed E-state index contributed by atoms with van der Waals surface area (Å²) in [6.45, 7) is 4.19. The number of likely N-dealkylation sites (N-methyl/N-ethyl adjacent to an activating group) is 1. The summed E-state index contributed by atoms with van der Waals surface area (Å²) in [6, 6.07) is 7.64. The van der Waals surface area contributed by atoms with E-state index in [2.05, 4.69) is 14.0 Å². The van der Waals surface area contributed by atoms with Gasteiger partial charge in [0.05, 0.1) is 36.7 Å². The number of fused-ring (bicyclic) bond motifs is 3. The zero-order valence-corrected chi connectivity index (χ0v) is 17.5. The summed E-state index contributed by atoms with van der Waals surface area (Å²) < 4.78 is 7.04. The van der Waals surface area contributed by atoms with E-state index in [0.29, 0.717) is 0 Å². The van der Waals surface area contributed by atoms with Gasteiger partial charge in [-0.05, 0) is 36.2 Å². The van der Waals surface area contributed by atoms with E-state index in [-0.39, 0.29) is 5.56 Å². The van der Waals surface area contributed by atoms with Crippen molar-refractivity contribution in [2.24, 2.45) is 0 Å². The number of thiophene rings is 1. The third-order valence-electron chi connectivity index (χ3n) is 4.91. The Hall–Kier alpha value is -1.83. The molecule has 5 nitrogen and oxygen atoms in total. The van der Waals surface area contributed by atoms with Crippen LogP contribution in [0.5, 0.6) is 5.75 Å². The molecule has 0 radical (unpaired) electrons. The molecule has 1 atom stereocenters. The number of aromatic nitrogens is 2. The highest BCUT2D eigenvalue weighted by atomic mass is 32.2.